The van der Waals surface area contributed by atoms with E-state index in [1.54, 1.807) is 47.2 Å². The normalized spacial score (nSPS) is 10.1. The first-order chi connectivity index (χ1) is 10.2. The van der Waals surface area contributed by atoms with Gasteiger partial charge in [-0.2, -0.15) is 5.10 Å². The number of aromatic nitrogens is 3. The van der Waals surface area contributed by atoms with Crippen LogP contribution in [0.1, 0.15) is 10.4 Å². The minimum absolute atomic E-state index is 0. The van der Waals surface area contributed by atoms with Crippen molar-refractivity contribution in [3.63, 3.8) is 0 Å². The number of fused-ring (bicyclic) bond motifs is 1. The standard InChI is InChI=1S/C13H11ClN6O.ClH/c14-11-7-10(12-16-5-6-20(12)19-11)17-9-3-1-8(2-4-9)13(21)18-15;/h1-7,17H,15H2,(H,18,21);1H. The lowest BCUT2D eigenvalue weighted by molar-refractivity contribution is 0.0953. The molecule has 0 bridgehead atoms. The molecule has 0 aliphatic carbocycles. The van der Waals surface area contributed by atoms with E-state index in [2.05, 4.69) is 20.8 Å². The van der Waals surface area contributed by atoms with E-state index in [1.165, 1.54) is 0 Å². The van der Waals surface area contributed by atoms with Gasteiger partial charge in [-0.25, -0.2) is 15.3 Å². The van der Waals surface area contributed by atoms with E-state index in [-0.39, 0.29) is 18.3 Å². The third kappa shape index (κ3) is 3.11. The Hall–Kier alpha value is -2.35. The number of hydrazine groups is 1. The Bertz CT molecular complexity index is 802. The van der Waals surface area contributed by atoms with Crippen LogP contribution in [0.2, 0.25) is 5.15 Å². The van der Waals surface area contributed by atoms with Gasteiger partial charge in [-0.05, 0) is 24.3 Å². The summed E-state index contributed by atoms with van der Waals surface area (Å²) in [5.74, 6) is 4.74. The third-order valence-corrected chi connectivity index (χ3v) is 3.07. The number of rotatable bonds is 3. The maximum absolute atomic E-state index is 11.4. The van der Waals surface area contributed by atoms with Crippen LogP contribution in [0.3, 0.4) is 0 Å². The summed E-state index contributed by atoms with van der Waals surface area (Å²) in [5.41, 5.74) is 4.72. The SMILES string of the molecule is Cl.NNC(=O)c1ccc(Nc2cc(Cl)nn3ccnc23)cc1. The summed E-state index contributed by atoms with van der Waals surface area (Å²) in [5, 5.41) is 7.64. The molecule has 114 valence electrons. The van der Waals surface area contributed by atoms with Crippen molar-refractivity contribution < 1.29 is 4.79 Å². The molecule has 0 spiro atoms. The molecule has 22 heavy (non-hydrogen) atoms. The number of nitrogen functional groups attached to an aromatic ring is 1. The molecule has 2 heterocycles. The number of amides is 1. The zero-order chi connectivity index (χ0) is 14.8. The number of nitrogens with zero attached hydrogens (tertiary/aromatic N) is 3. The number of hydrogen-bond donors (Lipinski definition) is 3. The van der Waals surface area contributed by atoms with Crippen LogP contribution >= 0.6 is 24.0 Å². The number of imidazole rings is 1. The first kappa shape index (κ1) is 16.0. The fraction of sp³-hybridized carbons (Fsp3) is 0. The number of halogens is 2. The van der Waals surface area contributed by atoms with Gasteiger partial charge in [0.1, 0.15) is 0 Å². The zero-order valence-corrected chi connectivity index (χ0v) is 12.7. The second kappa shape index (κ2) is 6.61. The number of benzene rings is 1. The van der Waals surface area contributed by atoms with Crippen LogP contribution in [0.25, 0.3) is 5.65 Å². The molecule has 0 aliphatic rings. The number of nitrogens with two attached hydrogens (primary N) is 1. The average molecular weight is 339 g/mol. The molecule has 0 unspecified atom stereocenters. The molecule has 7 nitrogen and oxygen atoms in total. The largest absolute Gasteiger partial charge is 0.352 e. The Morgan fingerprint density at radius 3 is 2.68 bits per heavy atom. The second-order valence-electron chi connectivity index (χ2n) is 4.25. The van der Waals surface area contributed by atoms with Gasteiger partial charge in [-0.3, -0.25) is 10.2 Å². The van der Waals surface area contributed by atoms with Crippen LogP contribution in [-0.4, -0.2) is 20.5 Å². The Morgan fingerprint density at radius 2 is 2.00 bits per heavy atom. The lowest BCUT2D eigenvalue weighted by Crippen LogP contribution is -2.29. The van der Waals surface area contributed by atoms with Gasteiger partial charge < -0.3 is 5.32 Å². The van der Waals surface area contributed by atoms with E-state index >= 15 is 0 Å². The van der Waals surface area contributed by atoms with Crippen molar-refractivity contribution in [2.24, 2.45) is 5.84 Å². The van der Waals surface area contributed by atoms with Crippen LogP contribution in [0, 0.1) is 0 Å². The first-order valence-corrected chi connectivity index (χ1v) is 6.43. The van der Waals surface area contributed by atoms with Gasteiger partial charge in [0, 0.05) is 29.7 Å². The summed E-state index contributed by atoms with van der Waals surface area (Å²) < 4.78 is 1.58. The van der Waals surface area contributed by atoms with E-state index in [9.17, 15) is 4.79 Å². The average Bonchev–Trinajstić information content (AvgIpc) is 2.95. The molecule has 1 amide bonds. The van der Waals surface area contributed by atoms with Gasteiger partial charge in [0.2, 0.25) is 0 Å². The minimum atomic E-state index is -0.343. The Balaban J connectivity index is 0.00000176. The van der Waals surface area contributed by atoms with Crippen molar-refractivity contribution in [3.05, 3.63) is 53.4 Å². The lowest BCUT2D eigenvalue weighted by Gasteiger charge is -2.08. The lowest BCUT2D eigenvalue weighted by atomic mass is 10.2. The molecule has 0 radical (unpaired) electrons. The third-order valence-electron chi connectivity index (χ3n) is 2.89. The quantitative estimate of drug-likeness (QED) is 0.386. The van der Waals surface area contributed by atoms with E-state index in [0.29, 0.717) is 16.4 Å². The Labute approximate surface area is 136 Å². The highest BCUT2D eigenvalue weighted by molar-refractivity contribution is 6.29. The summed E-state index contributed by atoms with van der Waals surface area (Å²) in [7, 11) is 0. The van der Waals surface area contributed by atoms with Gasteiger partial charge in [0.25, 0.3) is 5.91 Å². The molecule has 0 fully saturated rings. The molecule has 0 saturated heterocycles. The monoisotopic (exact) mass is 338 g/mol. The van der Waals surface area contributed by atoms with Crippen molar-refractivity contribution in [1.82, 2.24) is 20.0 Å². The van der Waals surface area contributed by atoms with Crippen LogP contribution in [0.15, 0.2) is 42.7 Å². The first-order valence-electron chi connectivity index (χ1n) is 6.05. The van der Waals surface area contributed by atoms with Gasteiger partial charge in [-0.15, -0.1) is 12.4 Å². The number of hydrogen-bond acceptors (Lipinski definition) is 5. The molecular weight excluding hydrogens is 327 g/mol. The van der Waals surface area contributed by atoms with Gasteiger partial charge in [0.05, 0.1) is 5.69 Å². The van der Waals surface area contributed by atoms with E-state index in [1.807, 2.05) is 0 Å². The molecule has 9 heteroatoms. The second-order valence-corrected chi connectivity index (χ2v) is 4.64. The van der Waals surface area contributed by atoms with Crippen LogP contribution in [0.5, 0.6) is 0 Å². The summed E-state index contributed by atoms with van der Waals surface area (Å²) in [6.07, 6.45) is 3.35. The van der Waals surface area contributed by atoms with E-state index in [0.717, 1.165) is 11.4 Å². The number of nitrogens with one attached hydrogen (secondary N) is 2. The topological polar surface area (TPSA) is 97.3 Å². The molecule has 3 aromatic rings. The minimum Gasteiger partial charge on any atom is -0.352 e. The molecular formula is C13H12Cl2N6O. The maximum Gasteiger partial charge on any atom is 0.265 e. The Kier molecular flexibility index (Phi) is 4.81. The highest BCUT2D eigenvalue weighted by Crippen LogP contribution is 2.23. The smallest absolute Gasteiger partial charge is 0.265 e. The number of carbonyl (C=O) groups excluding carboxylic acids is 1. The highest BCUT2D eigenvalue weighted by Gasteiger charge is 2.07. The van der Waals surface area contributed by atoms with Crippen molar-refractivity contribution >= 4 is 46.9 Å². The number of carbonyl (C=O) groups is 1. The van der Waals surface area contributed by atoms with Crippen LogP contribution in [-0.2, 0) is 0 Å². The zero-order valence-electron chi connectivity index (χ0n) is 11.2. The van der Waals surface area contributed by atoms with Crippen molar-refractivity contribution in [3.8, 4) is 0 Å². The maximum atomic E-state index is 11.4. The van der Waals surface area contributed by atoms with Crippen molar-refractivity contribution in [2.75, 3.05) is 5.32 Å². The molecule has 4 N–H and O–H groups in total. The van der Waals surface area contributed by atoms with Crippen molar-refractivity contribution in [2.45, 2.75) is 0 Å². The van der Waals surface area contributed by atoms with E-state index < -0.39 is 0 Å². The number of anilines is 2. The van der Waals surface area contributed by atoms with Crippen LogP contribution < -0.4 is 16.6 Å². The molecule has 0 atom stereocenters. The molecule has 1 aromatic carbocycles. The van der Waals surface area contributed by atoms with E-state index in [4.69, 9.17) is 17.4 Å². The highest BCUT2D eigenvalue weighted by atomic mass is 35.5. The van der Waals surface area contributed by atoms with Crippen molar-refractivity contribution in [1.29, 1.82) is 0 Å². The summed E-state index contributed by atoms with van der Waals surface area (Å²) in [4.78, 5) is 15.6. The molecule has 3 rings (SSSR count). The molecule has 0 saturated carbocycles. The summed E-state index contributed by atoms with van der Waals surface area (Å²) in [6.45, 7) is 0. The summed E-state index contributed by atoms with van der Waals surface area (Å²) >= 11 is 5.97. The fourth-order valence-electron chi connectivity index (χ4n) is 1.92. The van der Waals surface area contributed by atoms with Gasteiger partial charge >= 0.3 is 0 Å². The predicted molar refractivity (Wildman–Crippen MR) is 86.6 cm³/mol. The Morgan fingerprint density at radius 1 is 1.27 bits per heavy atom. The summed E-state index contributed by atoms with van der Waals surface area (Å²) in [6, 6.07) is 8.53. The van der Waals surface area contributed by atoms with Gasteiger partial charge in [0.15, 0.2) is 10.8 Å². The molecule has 2 aromatic heterocycles. The molecule has 0 aliphatic heterocycles. The van der Waals surface area contributed by atoms with Gasteiger partial charge in [-0.1, -0.05) is 11.6 Å². The van der Waals surface area contributed by atoms with Crippen LogP contribution in [0.4, 0.5) is 11.4 Å². The predicted octanol–water partition coefficient (Wildman–Crippen LogP) is 2.15. The fourth-order valence-corrected chi connectivity index (χ4v) is 2.11.